The summed E-state index contributed by atoms with van der Waals surface area (Å²) in [7, 11) is 0. The summed E-state index contributed by atoms with van der Waals surface area (Å²) in [4.78, 5) is 49.6. The number of ether oxygens (including phenoxy) is 3. The fraction of sp³-hybridized carbons (Fsp3) is 0.517. The van der Waals surface area contributed by atoms with Crippen LogP contribution in [0.25, 0.3) is 0 Å². The smallest absolute Gasteiger partial charge is 0.410 e. The molecule has 0 unspecified atom stereocenters. The number of likely N-dealkylation sites (tertiary alicyclic amines) is 1. The molecule has 44 heavy (non-hydrogen) atoms. The van der Waals surface area contributed by atoms with Crippen molar-refractivity contribution in [3.05, 3.63) is 40.7 Å². The van der Waals surface area contributed by atoms with Crippen LogP contribution in [-0.2, 0) is 20.7 Å². The first-order valence-electron chi connectivity index (χ1n) is 14.4. The molecule has 0 saturated carbocycles. The van der Waals surface area contributed by atoms with Crippen molar-refractivity contribution in [2.45, 2.75) is 58.5 Å². The van der Waals surface area contributed by atoms with Gasteiger partial charge in [-0.15, -0.1) is 0 Å². The Kier molecular flexibility index (Phi) is 12.4. The number of aliphatic imine (C=N–C) groups is 1. The second kappa shape index (κ2) is 15.9. The average molecular weight is 633 g/mol. The van der Waals surface area contributed by atoms with E-state index in [-0.39, 0.29) is 47.1 Å². The first-order valence-corrected chi connectivity index (χ1v) is 14.7. The van der Waals surface area contributed by atoms with Gasteiger partial charge in [-0.1, -0.05) is 23.7 Å². The highest BCUT2D eigenvalue weighted by Gasteiger charge is 2.27. The van der Waals surface area contributed by atoms with E-state index in [1.54, 1.807) is 4.90 Å². The highest BCUT2D eigenvalue weighted by molar-refractivity contribution is 6.31. The second-order valence-electron chi connectivity index (χ2n) is 11.3. The Morgan fingerprint density at radius 3 is 2.41 bits per heavy atom. The lowest BCUT2D eigenvalue weighted by Crippen LogP contribution is -2.42. The number of guanidine groups is 1. The molecule has 2 amide bonds. The number of benzene rings is 1. The van der Waals surface area contributed by atoms with Crippen LogP contribution >= 0.6 is 11.6 Å². The molecule has 0 spiro atoms. The second-order valence-corrected chi connectivity index (χ2v) is 11.7. The van der Waals surface area contributed by atoms with Gasteiger partial charge in [0, 0.05) is 19.6 Å². The topological polar surface area (TPSA) is 210 Å². The Hall–Kier alpha value is -4.33. The predicted molar refractivity (Wildman–Crippen MR) is 166 cm³/mol. The van der Waals surface area contributed by atoms with Crippen molar-refractivity contribution in [3.63, 3.8) is 0 Å². The zero-order valence-corrected chi connectivity index (χ0v) is 26.1. The number of esters is 1. The molecule has 7 N–H and O–H groups in total. The highest BCUT2D eigenvalue weighted by atomic mass is 35.5. The number of nitrogens with two attached hydrogens (primary N) is 3. The van der Waals surface area contributed by atoms with Gasteiger partial charge in [0.05, 0.1) is 6.61 Å². The van der Waals surface area contributed by atoms with E-state index in [0.717, 1.165) is 37.7 Å². The number of hydrogen-bond donors (Lipinski definition) is 4. The summed E-state index contributed by atoms with van der Waals surface area (Å²) in [6.45, 7) is 7.29. The van der Waals surface area contributed by atoms with Crippen LogP contribution in [0, 0.1) is 5.92 Å². The number of hydrogen-bond acceptors (Lipinski definition) is 10. The van der Waals surface area contributed by atoms with E-state index in [1.807, 2.05) is 45.0 Å². The average Bonchev–Trinajstić information content (AvgIpc) is 2.96. The summed E-state index contributed by atoms with van der Waals surface area (Å²) in [5.41, 5.74) is 17.3. The molecule has 1 aliphatic rings. The molecule has 0 atom stereocenters. The van der Waals surface area contributed by atoms with E-state index in [2.05, 4.69) is 20.3 Å². The van der Waals surface area contributed by atoms with E-state index in [1.165, 1.54) is 0 Å². The summed E-state index contributed by atoms with van der Waals surface area (Å²) in [5.74, 6) is -0.797. The zero-order chi connectivity index (χ0) is 32.3. The summed E-state index contributed by atoms with van der Waals surface area (Å²) in [5, 5.41) is 2.73. The van der Waals surface area contributed by atoms with E-state index >= 15 is 0 Å². The number of amides is 2. The summed E-state index contributed by atoms with van der Waals surface area (Å²) in [6, 6.07) is 7.48. The molecule has 0 aliphatic carbocycles. The SMILES string of the molecule is CC(C)(C)OC(=O)N1CCC(COC(=O)COc2ccc(CCCCNC(N)=NC(=O)c3nc(Cl)c(N)nc3N)cc2)CC1. The van der Waals surface area contributed by atoms with E-state index < -0.39 is 17.5 Å². The number of halogens is 1. The number of nitrogens with one attached hydrogen (secondary N) is 1. The number of unbranched alkanes of at least 4 members (excludes halogenated alkanes) is 1. The molecule has 1 aromatic heterocycles. The maximum absolute atomic E-state index is 12.2. The Morgan fingerprint density at radius 1 is 1.07 bits per heavy atom. The number of rotatable bonds is 11. The number of carbonyl (C=O) groups is 3. The molecule has 1 fully saturated rings. The van der Waals surface area contributed by atoms with Crippen LogP contribution in [0.5, 0.6) is 5.75 Å². The first kappa shape index (κ1) is 34.2. The van der Waals surface area contributed by atoms with E-state index in [0.29, 0.717) is 32.0 Å². The van der Waals surface area contributed by atoms with Gasteiger partial charge in [0.25, 0.3) is 0 Å². The van der Waals surface area contributed by atoms with Crippen LogP contribution < -0.4 is 27.3 Å². The number of piperidine rings is 1. The summed E-state index contributed by atoms with van der Waals surface area (Å²) < 4.78 is 16.4. The lowest BCUT2D eigenvalue weighted by atomic mass is 9.98. The van der Waals surface area contributed by atoms with Crippen LogP contribution in [0.15, 0.2) is 29.3 Å². The van der Waals surface area contributed by atoms with Crippen molar-refractivity contribution in [1.82, 2.24) is 20.2 Å². The van der Waals surface area contributed by atoms with Crippen molar-refractivity contribution < 1.29 is 28.6 Å². The van der Waals surface area contributed by atoms with Gasteiger partial charge in [0.15, 0.2) is 35.0 Å². The maximum atomic E-state index is 12.2. The van der Waals surface area contributed by atoms with Crippen molar-refractivity contribution in [1.29, 1.82) is 0 Å². The Bertz CT molecular complexity index is 1320. The molecular formula is C29H41ClN8O6. The van der Waals surface area contributed by atoms with Crippen molar-refractivity contribution in [3.8, 4) is 5.75 Å². The first-order chi connectivity index (χ1) is 20.8. The van der Waals surface area contributed by atoms with Crippen LogP contribution in [0.3, 0.4) is 0 Å². The molecule has 0 bridgehead atoms. The van der Waals surface area contributed by atoms with Gasteiger partial charge in [0.2, 0.25) is 0 Å². The molecule has 15 heteroatoms. The maximum Gasteiger partial charge on any atom is 0.410 e. The van der Waals surface area contributed by atoms with E-state index in [9.17, 15) is 14.4 Å². The third-order valence-corrected chi connectivity index (χ3v) is 6.83. The molecule has 2 aromatic rings. The third kappa shape index (κ3) is 11.4. The molecule has 14 nitrogen and oxygen atoms in total. The lowest BCUT2D eigenvalue weighted by molar-refractivity contribution is -0.147. The normalized spacial score (nSPS) is 14.2. The van der Waals surface area contributed by atoms with Gasteiger partial charge in [-0.25, -0.2) is 19.6 Å². The van der Waals surface area contributed by atoms with Gasteiger partial charge >= 0.3 is 18.0 Å². The molecule has 0 radical (unpaired) electrons. The predicted octanol–water partition coefficient (Wildman–Crippen LogP) is 2.93. The summed E-state index contributed by atoms with van der Waals surface area (Å²) >= 11 is 5.79. The Labute approximate surface area is 261 Å². The van der Waals surface area contributed by atoms with Gasteiger partial charge in [-0.3, -0.25) is 4.79 Å². The number of carbonyl (C=O) groups excluding carboxylic acids is 3. The minimum absolute atomic E-state index is 0.0761. The number of aromatic nitrogens is 2. The number of anilines is 2. The van der Waals surface area contributed by atoms with Crippen LogP contribution in [-0.4, -0.2) is 77.2 Å². The Balaban J connectivity index is 1.28. The summed E-state index contributed by atoms with van der Waals surface area (Å²) in [6.07, 6.45) is 3.61. The van der Waals surface area contributed by atoms with Crippen LogP contribution in [0.2, 0.25) is 5.15 Å². The fourth-order valence-corrected chi connectivity index (χ4v) is 4.35. The van der Waals surface area contributed by atoms with Gasteiger partial charge in [-0.2, -0.15) is 4.99 Å². The van der Waals surface area contributed by atoms with E-state index in [4.69, 9.17) is 43.0 Å². The molecule has 3 rings (SSSR count). The molecule has 1 aromatic carbocycles. The molecular weight excluding hydrogens is 592 g/mol. The molecule has 1 saturated heterocycles. The van der Waals surface area contributed by atoms with Gasteiger partial charge in [-0.05, 0) is 76.5 Å². The highest BCUT2D eigenvalue weighted by Crippen LogP contribution is 2.21. The quantitative estimate of drug-likeness (QED) is 0.122. The van der Waals surface area contributed by atoms with Gasteiger partial charge in [0.1, 0.15) is 11.4 Å². The zero-order valence-electron chi connectivity index (χ0n) is 25.3. The van der Waals surface area contributed by atoms with Crippen LogP contribution in [0.1, 0.15) is 62.5 Å². The minimum atomic E-state index is -0.783. The fourth-order valence-electron chi connectivity index (χ4n) is 4.23. The molecule has 1 aliphatic heterocycles. The van der Waals surface area contributed by atoms with Crippen molar-refractivity contribution >= 4 is 47.2 Å². The third-order valence-electron chi connectivity index (χ3n) is 6.55. The molecule has 240 valence electrons. The number of nitrogens with zero attached hydrogens (tertiary/aromatic N) is 4. The monoisotopic (exact) mass is 632 g/mol. The number of aryl methyl sites for hydroxylation is 1. The standard InChI is InChI=1S/C29H41ClN8O6/c1-29(2,3)44-28(41)38-14-11-19(12-15-38)16-43-21(39)17-42-20-9-7-18(8-10-20)6-4-5-13-34-27(33)37-26(40)22-24(31)36-25(32)23(30)35-22/h7-10,19H,4-6,11-17H2,1-3H3,(H4,31,32,36)(H3,33,34,37,40). The lowest BCUT2D eigenvalue weighted by Gasteiger charge is -2.33. The van der Waals surface area contributed by atoms with Crippen LogP contribution in [0.4, 0.5) is 16.4 Å². The molecule has 2 heterocycles. The Morgan fingerprint density at radius 2 is 1.75 bits per heavy atom. The minimum Gasteiger partial charge on any atom is -0.482 e. The number of nitrogen functional groups attached to an aromatic ring is 2. The van der Waals surface area contributed by atoms with Crippen molar-refractivity contribution in [2.24, 2.45) is 16.6 Å². The van der Waals surface area contributed by atoms with Gasteiger partial charge < -0.3 is 41.6 Å². The largest absolute Gasteiger partial charge is 0.482 e. The van der Waals surface area contributed by atoms with Crippen molar-refractivity contribution in [2.75, 3.05) is 44.3 Å².